The van der Waals surface area contributed by atoms with Gasteiger partial charge >= 0.3 is 0 Å². The second-order valence-corrected chi connectivity index (χ2v) is 6.28. The third kappa shape index (κ3) is 3.19. The Morgan fingerprint density at radius 2 is 1.76 bits per heavy atom. The van der Waals surface area contributed by atoms with Gasteiger partial charge in [-0.15, -0.1) is 0 Å². The standard InChI is InChI=1S/C13H26N2O2/c1-12(2,13(3,4)14)11(17)15-9-7-5-6-8-10(9)16/h9-10,16H,5-8,14H2,1-4H3,(H,15,17)/t9-,10-/m1/s1. The summed E-state index contributed by atoms with van der Waals surface area (Å²) in [4.78, 5) is 12.2. The highest BCUT2D eigenvalue weighted by Gasteiger charge is 2.41. The minimum atomic E-state index is -0.649. The number of aliphatic hydroxyl groups is 1. The summed E-state index contributed by atoms with van der Waals surface area (Å²) in [6.07, 6.45) is 3.32. The summed E-state index contributed by atoms with van der Waals surface area (Å²) >= 11 is 0. The van der Waals surface area contributed by atoms with Crippen LogP contribution in [-0.4, -0.2) is 28.7 Å². The average Bonchev–Trinajstić information content (AvgIpc) is 2.19. The summed E-state index contributed by atoms with van der Waals surface area (Å²) in [6, 6.07) is -0.113. The summed E-state index contributed by atoms with van der Waals surface area (Å²) in [7, 11) is 0. The van der Waals surface area contributed by atoms with E-state index in [0.29, 0.717) is 0 Å². The van der Waals surface area contributed by atoms with Gasteiger partial charge in [0.25, 0.3) is 0 Å². The highest BCUT2D eigenvalue weighted by molar-refractivity contribution is 5.83. The first kappa shape index (κ1) is 14.5. The Bertz CT molecular complexity index is 282. The van der Waals surface area contributed by atoms with Gasteiger partial charge in [0.15, 0.2) is 0 Å². The van der Waals surface area contributed by atoms with E-state index >= 15 is 0 Å². The van der Waals surface area contributed by atoms with Crippen molar-refractivity contribution in [1.29, 1.82) is 0 Å². The molecule has 1 rings (SSSR count). The summed E-state index contributed by atoms with van der Waals surface area (Å²) in [5.74, 6) is -0.0732. The first-order chi connectivity index (χ1) is 7.66. The number of amides is 1. The third-order valence-corrected chi connectivity index (χ3v) is 4.22. The summed E-state index contributed by atoms with van der Waals surface area (Å²) in [5.41, 5.74) is 4.80. The van der Waals surface area contributed by atoms with E-state index in [1.807, 2.05) is 27.7 Å². The fourth-order valence-electron chi connectivity index (χ4n) is 1.92. The van der Waals surface area contributed by atoms with Crippen LogP contribution in [-0.2, 0) is 4.79 Å². The lowest BCUT2D eigenvalue weighted by Gasteiger charge is -2.39. The maximum atomic E-state index is 12.2. The molecule has 0 aliphatic heterocycles. The Hall–Kier alpha value is -0.610. The quantitative estimate of drug-likeness (QED) is 0.695. The van der Waals surface area contributed by atoms with Crippen molar-refractivity contribution < 1.29 is 9.90 Å². The predicted molar refractivity (Wildman–Crippen MR) is 68.5 cm³/mol. The molecule has 1 aliphatic rings. The predicted octanol–water partition coefficient (Wildman–Crippen LogP) is 1.17. The van der Waals surface area contributed by atoms with Gasteiger partial charge in [-0.2, -0.15) is 0 Å². The monoisotopic (exact) mass is 242 g/mol. The average molecular weight is 242 g/mol. The molecule has 0 aromatic rings. The number of nitrogens with one attached hydrogen (secondary N) is 1. The molecule has 0 aromatic carbocycles. The number of carbonyl (C=O) groups excluding carboxylic acids is 1. The van der Waals surface area contributed by atoms with E-state index in [2.05, 4.69) is 5.32 Å². The van der Waals surface area contributed by atoms with Crippen LogP contribution in [0, 0.1) is 5.41 Å². The second-order valence-electron chi connectivity index (χ2n) is 6.28. The topological polar surface area (TPSA) is 75.4 Å². The van der Waals surface area contributed by atoms with Gasteiger partial charge in [-0.3, -0.25) is 4.79 Å². The highest BCUT2D eigenvalue weighted by atomic mass is 16.3. The first-order valence-electron chi connectivity index (χ1n) is 6.44. The zero-order chi connectivity index (χ0) is 13.3. The van der Waals surface area contributed by atoms with Crippen molar-refractivity contribution in [3.63, 3.8) is 0 Å². The molecule has 2 atom stereocenters. The van der Waals surface area contributed by atoms with Crippen LogP contribution < -0.4 is 11.1 Å². The fraction of sp³-hybridized carbons (Fsp3) is 0.923. The maximum absolute atomic E-state index is 12.2. The normalized spacial score (nSPS) is 26.7. The van der Waals surface area contributed by atoms with E-state index < -0.39 is 17.1 Å². The largest absolute Gasteiger partial charge is 0.391 e. The van der Waals surface area contributed by atoms with E-state index in [0.717, 1.165) is 25.7 Å². The molecule has 0 aromatic heterocycles. The molecule has 17 heavy (non-hydrogen) atoms. The van der Waals surface area contributed by atoms with Crippen molar-refractivity contribution in [1.82, 2.24) is 5.32 Å². The van der Waals surface area contributed by atoms with Gasteiger partial charge in [0, 0.05) is 5.54 Å². The van der Waals surface area contributed by atoms with Crippen molar-refractivity contribution in [2.75, 3.05) is 0 Å². The molecule has 1 aliphatic carbocycles. The molecule has 1 fully saturated rings. The number of carbonyl (C=O) groups is 1. The van der Waals surface area contributed by atoms with Crippen LogP contribution in [0.15, 0.2) is 0 Å². The van der Waals surface area contributed by atoms with Crippen LogP contribution in [0.4, 0.5) is 0 Å². The maximum Gasteiger partial charge on any atom is 0.227 e. The molecule has 0 bridgehead atoms. The molecule has 1 amide bonds. The molecule has 0 saturated heterocycles. The van der Waals surface area contributed by atoms with E-state index in [-0.39, 0.29) is 11.9 Å². The SMILES string of the molecule is CC(C)(N)C(C)(C)C(=O)N[C@@H]1CCCC[C@H]1O. The van der Waals surface area contributed by atoms with Crippen LogP contribution in [0.5, 0.6) is 0 Å². The number of rotatable bonds is 3. The lowest BCUT2D eigenvalue weighted by molar-refractivity contribution is -0.134. The van der Waals surface area contributed by atoms with E-state index in [4.69, 9.17) is 5.73 Å². The van der Waals surface area contributed by atoms with Crippen molar-refractivity contribution in [2.24, 2.45) is 11.1 Å². The van der Waals surface area contributed by atoms with Gasteiger partial charge in [0.1, 0.15) is 0 Å². The van der Waals surface area contributed by atoms with E-state index in [1.54, 1.807) is 0 Å². The van der Waals surface area contributed by atoms with Gasteiger partial charge in [-0.05, 0) is 40.5 Å². The molecule has 100 valence electrons. The Morgan fingerprint density at radius 3 is 2.24 bits per heavy atom. The molecule has 0 spiro atoms. The van der Waals surface area contributed by atoms with E-state index in [9.17, 15) is 9.90 Å². The Balaban J connectivity index is 2.65. The molecule has 0 heterocycles. The molecule has 4 heteroatoms. The van der Waals surface area contributed by atoms with Crippen LogP contribution in [0.25, 0.3) is 0 Å². The van der Waals surface area contributed by atoms with Crippen molar-refractivity contribution in [2.45, 2.75) is 71.1 Å². The third-order valence-electron chi connectivity index (χ3n) is 4.22. The van der Waals surface area contributed by atoms with Crippen LogP contribution in [0.1, 0.15) is 53.4 Å². The molecule has 4 nitrogen and oxygen atoms in total. The number of hydrogen-bond donors (Lipinski definition) is 3. The lowest BCUT2D eigenvalue weighted by Crippen LogP contribution is -2.58. The van der Waals surface area contributed by atoms with E-state index in [1.165, 1.54) is 0 Å². The smallest absolute Gasteiger partial charge is 0.227 e. The zero-order valence-electron chi connectivity index (χ0n) is 11.4. The molecular formula is C13H26N2O2. The molecule has 4 N–H and O–H groups in total. The minimum absolute atomic E-state index is 0.0732. The van der Waals surface area contributed by atoms with Crippen LogP contribution in [0.2, 0.25) is 0 Å². The minimum Gasteiger partial charge on any atom is -0.391 e. The Kier molecular flexibility index (Phi) is 4.20. The molecule has 0 radical (unpaired) electrons. The molecule has 1 saturated carbocycles. The first-order valence-corrected chi connectivity index (χ1v) is 6.44. The van der Waals surface area contributed by atoms with Crippen molar-refractivity contribution >= 4 is 5.91 Å². The van der Waals surface area contributed by atoms with Gasteiger partial charge in [-0.25, -0.2) is 0 Å². The molecular weight excluding hydrogens is 216 g/mol. The number of nitrogens with two attached hydrogens (primary N) is 1. The lowest BCUT2D eigenvalue weighted by atomic mass is 9.74. The summed E-state index contributed by atoms with van der Waals surface area (Å²) < 4.78 is 0. The van der Waals surface area contributed by atoms with Gasteiger partial charge in [0.2, 0.25) is 5.91 Å². The Labute approximate surface area is 104 Å². The summed E-state index contributed by atoms with van der Waals surface area (Å²) in [5, 5.41) is 12.8. The highest BCUT2D eigenvalue weighted by Crippen LogP contribution is 2.29. The van der Waals surface area contributed by atoms with Crippen molar-refractivity contribution in [3.8, 4) is 0 Å². The van der Waals surface area contributed by atoms with Gasteiger partial charge < -0.3 is 16.2 Å². The van der Waals surface area contributed by atoms with Crippen LogP contribution in [0.3, 0.4) is 0 Å². The zero-order valence-corrected chi connectivity index (χ0v) is 11.4. The number of aliphatic hydroxyl groups excluding tert-OH is 1. The van der Waals surface area contributed by atoms with Gasteiger partial charge in [0.05, 0.1) is 17.6 Å². The van der Waals surface area contributed by atoms with Gasteiger partial charge in [-0.1, -0.05) is 12.8 Å². The van der Waals surface area contributed by atoms with Crippen molar-refractivity contribution in [3.05, 3.63) is 0 Å². The number of hydrogen-bond acceptors (Lipinski definition) is 3. The van der Waals surface area contributed by atoms with Crippen LogP contribution >= 0.6 is 0 Å². The molecule has 0 unspecified atom stereocenters. The Morgan fingerprint density at radius 1 is 1.24 bits per heavy atom. The fourth-order valence-corrected chi connectivity index (χ4v) is 1.92. The summed E-state index contributed by atoms with van der Waals surface area (Å²) in [6.45, 7) is 7.39. The second kappa shape index (κ2) is 4.94.